The predicted octanol–water partition coefficient (Wildman–Crippen LogP) is 2.79. The van der Waals surface area contributed by atoms with Crippen molar-refractivity contribution in [2.45, 2.75) is 33.4 Å². The first-order valence-electron chi connectivity index (χ1n) is 6.46. The maximum Gasteiger partial charge on any atom is 0.318 e. The zero-order valence-electron chi connectivity index (χ0n) is 12.1. The molecule has 2 amide bonds. The van der Waals surface area contributed by atoms with E-state index < -0.39 is 0 Å². The average Bonchev–Trinajstić information content (AvgIpc) is 2.98. The number of rotatable bonds is 4. The molecule has 6 nitrogen and oxygen atoms in total. The van der Waals surface area contributed by atoms with E-state index in [4.69, 9.17) is 8.94 Å². The lowest BCUT2D eigenvalue weighted by Crippen LogP contribution is -2.38. The Morgan fingerprint density at radius 3 is 2.70 bits per heavy atom. The summed E-state index contributed by atoms with van der Waals surface area (Å²) in [5.41, 5.74) is 0.724. The molecule has 0 spiro atoms. The van der Waals surface area contributed by atoms with Crippen molar-refractivity contribution in [1.82, 2.24) is 15.4 Å². The molecule has 0 aliphatic heterocycles. The van der Waals surface area contributed by atoms with Gasteiger partial charge >= 0.3 is 6.03 Å². The highest BCUT2D eigenvalue weighted by Gasteiger charge is 2.16. The van der Waals surface area contributed by atoms with Crippen LogP contribution in [0.15, 0.2) is 27.1 Å². The van der Waals surface area contributed by atoms with Crippen LogP contribution in [0.2, 0.25) is 0 Å². The number of nitrogens with one attached hydrogen (secondary N) is 1. The number of carbonyl (C=O) groups is 1. The van der Waals surface area contributed by atoms with Gasteiger partial charge in [0.15, 0.2) is 0 Å². The number of urea groups is 1. The summed E-state index contributed by atoms with van der Waals surface area (Å²) in [5, 5.41) is 6.73. The SMILES string of the molecule is Cc1cc(CN(C)C(=O)N[C@@H](C)c2ccc(C)o2)no1. The van der Waals surface area contributed by atoms with Gasteiger partial charge in [-0.2, -0.15) is 0 Å². The third kappa shape index (κ3) is 3.40. The molecule has 0 saturated heterocycles. The van der Waals surface area contributed by atoms with Gasteiger partial charge in [0, 0.05) is 13.1 Å². The van der Waals surface area contributed by atoms with Crippen LogP contribution in [0.1, 0.15) is 35.9 Å². The number of furan rings is 1. The molecule has 20 heavy (non-hydrogen) atoms. The summed E-state index contributed by atoms with van der Waals surface area (Å²) in [6, 6.07) is 5.18. The Hall–Kier alpha value is -2.24. The quantitative estimate of drug-likeness (QED) is 0.932. The highest BCUT2D eigenvalue weighted by molar-refractivity contribution is 5.74. The molecule has 0 radical (unpaired) electrons. The number of hydrogen-bond acceptors (Lipinski definition) is 4. The van der Waals surface area contributed by atoms with Crippen LogP contribution in [-0.4, -0.2) is 23.1 Å². The van der Waals surface area contributed by atoms with E-state index in [2.05, 4.69) is 10.5 Å². The normalized spacial score (nSPS) is 12.2. The fraction of sp³-hybridized carbons (Fsp3) is 0.429. The Morgan fingerprint density at radius 1 is 1.40 bits per heavy atom. The van der Waals surface area contributed by atoms with E-state index in [0.717, 1.165) is 23.0 Å². The molecule has 2 heterocycles. The van der Waals surface area contributed by atoms with Gasteiger partial charge in [0.2, 0.25) is 0 Å². The van der Waals surface area contributed by atoms with Gasteiger partial charge < -0.3 is 19.2 Å². The Labute approximate surface area is 117 Å². The second kappa shape index (κ2) is 5.81. The maximum atomic E-state index is 12.1. The predicted molar refractivity (Wildman–Crippen MR) is 73.1 cm³/mol. The Morgan fingerprint density at radius 2 is 2.15 bits per heavy atom. The number of aromatic nitrogens is 1. The summed E-state index contributed by atoms with van der Waals surface area (Å²) in [6.45, 7) is 5.96. The topological polar surface area (TPSA) is 71.5 Å². The van der Waals surface area contributed by atoms with E-state index in [1.165, 1.54) is 0 Å². The second-order valence-corrected chi connectivity index (χ2v) is 4.90. The highest BCUT2D eigenvalue weighted by Crippen LogP contribution is 2.16. The van der Waals surface area contributed by atoms with Crippen molar-refractivity contribution in [2.24, 2.45) is 0 Å². The highest BCUT2D eigenvalue weighted by atomic mass is 16.5. The van der Waals surface area contributed by atoms with Gasteiger partial charge in [0.05, 0.1) is 12.6 Å². The molecule has 0 aliphatic carbocycles. The van der Waals surface area contributed by atoms with Crippen LogP contribution in [0.4, 0.5) is 4.79 Å². The van der Waals surface area contributed by atoms with Crippen molar-refractivity contribution in [1.29, 1.82) is 0 Å². The number of amides is 2. The van der Waals surface area contributed by atoms with Gasteiger partial charge in [-0.3, -0.25) is 0 Å². The molecule has 6 heteroatoms. The van der Waals surface area contributed by atoms with Crippen LogP contribution < -0.4 is 5.32 Å². The summed E-state index contributed by atoms with van der Waals surface area (Å²) in [7, 11) is 1.71. The van der Waals surface area contributed by atoms with Gasteiger partial charge in [0.25, 0.3) is 0 Å². The lowest BCUT2D eigenvalue weighted by molar-refractivity contribution is 0.200. The van der Waals surface area contributed by atoms with Gasteiger partial charge in [-0.15, -0.1) is 0 Å². The minimum atomic E-state index is -0.188. The fourth-order valence-electron chi connectivity index (χ4n) is 1.86. The van der Waals surface area contributed by atoms with Crippen molar-refractivity contribution in [2.75, 3.05) is 7.05 Å². The van der Waals surface area contributed by atoms with Crippen LogP contribution in [0.5, 0.6) is 0 Å². The van der Waals surface area contributed by atoms with Crippen molar-refractivity contribution < 1.29 is 13.7 Å². The molecule has 2 rings (SSSR count). The first-order chi connectivity index (χ1) is 9.45. The van der Waals surface area contributed by atoms with Crippen LogP contribution in [0.25, 0.3) is 0 Å². The van der Waals surface area contributed by atoms with Crippen molar-refractivity contribution >= 4 is 6.03 Å². The molecule has 0 unspecified atom stereocenters. The van der Waals surface area contributed by atoms with Crippen molar-refractivity contribution in [3.63, 3.8) is 0 Å². The summed E-state index contributed by atoms with van der Waals surface area (Å²) >= 11 is 0. The van der Waals surface area contributed by atoms with E-state index in [0.29, 0.717) is 6.54 Å². The molecular weight excluding hydrogens is 258 g/mol. The van der Waals surface area contributed by atoms with E-state index in [1.54, 1.807) is 11.9 Å². The summed E-state index contributed by atoms with van der Waals surface area (Å²) in [5.74, 6) is 2.29. The Balaban J connectivity index is 1.90. The minimum absolute atomic E-state index is 0.183. The van der Waals surface area contributed by atoms with Crippen LogP contribution in [0.3, 0.4) is 0 Å². The molecule has 0 aliphatic rings. The zero-order chi connectivity index (χ0) is 14.7. The largest absolute Gasteiger partial charge is 0.464 e. The van der Waals surface area contributed by atoms with Crippen LogP contribution in [0, 0.1) is 13.8 Å². The zero-order valence-corrected chi connectivity index (χ0v) is 12.1. The number of hydrogen-bond donors (Lipinski definition) is 1. The maximum absolute atomic E-state index is 12.1. The Kier molecular flexibility index (Phi) is 4.12. The molecule has 0 bridgehead atoms. The summed E-state index contributed by atoms with van der Waals surface area (Å²) in [6.07, 6.45) is 0. The van der Waals surface area contributed by atoms with Gasteiger partial charge in [0.1, 0.15) is 23.0 Å². The lowest BCUT2D eigenvalue weighted by Gasteiger charge is -2.19. The molecule has 2 aromatic heterocycles. The van der Waals surface area contributed by atoms with Gasteiger partial charge in [-0.1, -0.05) is 5.16 Å². The molecule has 2 aromatic rings. The monoisotopic (exact) mass is 277 g/mol. The smallest absolute Gasteiger partial charge is 0.318 e. The molecule has 0 saturated carbocycles. The van der Waals surface area contributed by atoms with Crippen molar-refractivity contribution in [3.8, 4) is 0 Å². The Bertz CT molecular complexity index is 588. The molecule has 1 atom stereocenters. The lowest BCUT2D eigenvalue weighted by atomic mass is 10.2. The van der Waals surface area contributed by atoms with Crippen LogP contribution in [-0.2, 0) is 6.54 Å². The number of aryl methyl sites for hydroxylation is 2. The van der Waals surface area contributed by atoms with E-state index in [1.807, 2.05) is 39.0 Å². The minimum Gasteiger partial charge on any atom is -0.464 e. The third-order valence-electron chi connectivity index (χ3n) is 2.95. The first-order valence-corrected chi connectivity index (χ1v) is 6.46. The van der Waals surface area contributed by atoms with E-state index in [9.17, 15) is 4.79 Å². The number of nitrogens with zero attached hydrogens (tertiary/aromatic N) is 2. The van der Waals surface area contributed by atoms with E-state index >= 15 is 0 Å². The standard InChI is InChI=1S/C14H19N3O3/c1-9-5-6-13(19-9)11(3)15-14(18)17(4)8-12-7-10(2)20-16-12/h5-7,11H,8H2,1-4H3,(H,15,18)/t11-/m0/s1. The van der Waals surface area contributed by atoms with Gasteiger partial charge in [-0.25, -0.2) is 4.79 Å². The molecule has 1 N–H and O–H groups in total. The summed E-state index contributed by atoms with van der Waals surface area (Å²) < 4.78 is 10.5. The first kappa shape index (κ1) is 14.2. The van der Waals surface area contributed by atoms with Crippen LogP contribution >= 0.6 is 0 Å². The molecule has 108 valence electrons. The van der Waals surface area contributed by atoms with Crippen molar-refractivity contribution in [3.05, 3.63) is 41.2 Å². The third-order valence-corrected chi connectivity index (χ3v) is 2.95. The fourth-order valence-corrected chi connectivity index (χ4v) is 1.86. The molecule has 0 aromatic carbocycles. The number of carbonyl (C=O) groups excluding carboxylic acids is 1. The molecule has 0 fully saturated rings. The average molecular weight is 277 g/mol. The second-order valence-electron chi connectivity index (χ2n) is 4.90. The summed E-state index contributed by atoms with van der Waals surface area (Å²) in [4.78, 5) is 13.6. The van der Waals surface area contributed by atoms with Gasteiger partial charge in [-0.05, 0) is 32.9 Å². The van der Waals surface area contributed by atoms with E-state index in [-0.39, 0.29) is 12.1 Å². The molecular formula is C14H19N3O3.